The number of nitrogens with zero attached hydrogens (tertiary/aromatic N) is 3. The normalized spacial score (nSPS) is 13.9. The fraction of sp³-hybridized carbons (Fsp3) is 0.417. The van der Waals surface area contributed by atoms with Gasteiger partial charge in [-0.05, 0) is 55.4 Å². The maximum Gasteiger partial charge on any atom is 0.303 e. The summed E-state index contributed by atoms with van der Waals surface area (Å²) in [5.74, 6) is 2.01. The van der Waals surface area contributed by atoms with Gasteiger partial charge in [0.2, 0.25) is 5.89 Å². The monoisotopic (exact) mass is 452 g/mol. The van der Waals surface area contributed by atoms with Crippen molar-refractivity contribution in [3.63, 3.8) is 0 Å². The maximum absolute atomic E-state index is 11.3. The van der Waals surface area contributed by atoms with Crippen LogP contribution in [-0.2, 0) is 30.5 Å². The number of carboxylic acid groups (broad SMARTS) is 1. The summed E-state index contributed by atoms with van der Waals surface area (Å²) in [6, 6.07) is 14.3. The SMILES string of the molecule is O=C(O)CC(CSc1ccccc1)Cc1nc(CCCc2ccc3c(n2)NCCC3)no1. The molecule has 2 aromatic heterocycles. The van der Waals surface area contributed by atoms with E-state index in [9.17, 15) is 9.90 Å². The Morgan fingerprint density at radius 2 is 2.03 bits per heavy atom. The number of anilines is 1. The molecule has 1 aromatic carbocycles. The predicted octanol–water partition coefficient (Wildman–Crippen LogP) is 4.42. The molecule has 8 heteroatoms. The molecule has 168 valence electrons. The average Bonchev–Trinajstić information content (AvgIpc) is 3.25. The number of fused-ring (bicyclic) bond motifs is 1. The highest BCUT2D eigenvalue weighted by molar-refractivity contribution is 7.99. The number of benzene rings is 1. The van der Waals surface area contributed by atoms with Crippen molar-refractivity contribution in [1.29, 1.82) is 0 Å². The van der Waals surface area contributed by atoms with Crippen LogP contribution in [0.4, 0.5) is 5.82 Å². The number of pyridine rings is 1. The van der Waals surface area contributed by atoms with Gasteiger partial charge in [0.1, 0.15) is 5.82 Å². The van der Waals surface area contributed by atoms with Crippen molar-refractivity contribution >= 4 is 23.5 Å². The molecular weight excluding hydrogens is 424 g/mol. The minimum Gasteiger partial charge on any atom is -0.481 e. The second-order valence-corrected chi connectivity index (χ2v) is 9.18. The van der Waals surface area contributed by atoms with E-state index in [-0.39, 0.29) is 12.3 Å². The largest absolute Gasteiger partial charge is 0.481 e. The van der Waals surface area contributed by atoms with Gasteiger partial charge in [-0.25, -0.2) is 4.98 Å². The first-order valence-corrected chi connectivity index (χ1v) is 12.1. The molecule has 0 bridgehead atoms. The number of rotatable bonds is 11. The topological polar surface area (TPSA) is 101 Å². The van der Waals surface area contributed by atoms with E-state index in [1.165, 1.54) is 5.56 Å². The molecule has 32 heavy (non-hydrogen) atoms. The first kappa shape index (κ1) is 22.3. The van der Waals surface area contributed by atoms with Gasteiger partial charge in [-0.15, -0.1) is 11.8 Å². The highest BCUT2D eigenvalue weighted by atomic mass is 32.2. The standard InChI is InChI=1S/C24H28N4O3S/c29-23(30)15-17(16-32-20-8-2-1-3-9-20)14-22-27-21(28-31-22)10-4-7-19-12-11-18-6-5-13-25-24(18)26-19/h1-3,8-9,11-12,17H,4-7,10,13-16H2,(H,25,26)(H,29,30). The van der Waals surface area contributed by atoms with Gasteiger partial charge in [0.05, 0.1) is 0 Å². The molecule has 2 N–H and O–H groups in total. The van der Waals surface area contributed by atoms with E-state index in [0.29, 0.717) is 30.3 Å². The lowest BCUT2D eigenvalue weighted by molar-refractivity contribution is -0.137. The van der Waals surface area contributed by atoms with Crippen molar-refractivity contribution in [2.75, 3.05) is 17.6 Å². The molecule has 1 aliphatic rings. The van der Waals surface area contributed by atoms with E-state index in [0.717, 1.165) is 48.6 Å². The number of nitrogens with one attached hydrogen (secondary N) is 1. The van der Waals surface area contributed by atoms with Crippen LogP contribution in [0.15, 0.2) is 51.9 Å². The molecule has 7 nitrogen and oxygen atoms in total. The first-order valence-electron chi connectivity index (χ1n) is 11.1. The van der Waals surface area contributed by atoms with Crippen molar-refractivity contribution in [3.05, 3.63) is 65.4 Å². The number of aromatic nitrogens is 3. The molecule has 0 fully saturated rings. The van der Waals surface area contributed by atoms with E-state index in [4.69, 9.17) is 9.51 Å². The van der Waals surface area contributed by atoms with Crippen molar-refractivity contribution in [2.45, 2.75) is 49.8 Å². The molecule has 1 aliphatic heterocycles. The fourth-order valence-electron chi connectivity index (χ4n) is 3.82. The van der Waals surface area contributed by atoms with E-state index in [1.54, 1.807) is 11.8 Å². The van der Waals surface area contributed by atoms with Gasteiger partial charge < -0.3 is 14.9 Å². The molecule has 0 amide bonds. The van der Waals surface area contributed by atoms with Gasteiger partial charge in [0.25, 0.3) is 0 Å². The summed E-state index contributed by atoms with van der Waals surface area (Å²) in [6.45, 7) is 0.988. The van der Waals surface area contributed by atoms with Crippen LogP contribution in [0.25, 0.3) is 0 Å². The third-order valence-electron chi connectivity index (χ3n) is 5.45. The Labute approximate surface area is 192 Å². The molecule has 1 unspecified atom stereocenters. The van der Waals surface area contributed by atoms with Crippen LogP contribution in [0.3, 0.4) is 0 Å². The molecule has 3 heterocycles. The van der Waals surface area contributed by atoms with Gasteiger partial charge in [0, 0.05) is 42.1 Å². The second kappa shape index (κ2) is 11.1. The van der Waals surface area contributed by atoms with Crippen LogP contribution in [-0.4, -0.2) is 38.5 Å². The van der Waals surface area contributed by atoms with E-state index in [2.05, 4.69) is 27.6 Å². The summed E-state index contributed by atoms with van der Waals surface area (Å²) in [6.07, 6.45) is 5.24. The van der Waals surface area contributed by atoms with Crippen LogP contribution in [0.1, 0.15) is 42.2 Å². The zero-order valence-corrected chi connectivity index (χ0v) is 18.8. The van der Waals surface area contributed by atoms with Crippen LogP contribution in [0.5, 0.6) is 0 Å². The quantitative estimate of drug-likeness (QED) is 0.412. The van der Waals surface area contributed by atoms with Crippen molar-refractivity contribution in [3.8, 4) is 0 Å². The molecular formula is C24H28N4O3S. The number of hydrogen-bond acceptors (Lipinski definition) is 7. The summed E-state index contributed by atoms with van der Waals surface area (Å²) in [5, 5.41) is 16.7. The highest BCUT2D eigenvalue weighted by Gasteiger charge is 2.19. The third kappa shape index (κ3) is 6.56. The second-order valence-electron chi connectivity index (χ2n) is 8.09. The Kier molecular flexibility index (Phi) is 7.77. The van der Waals surface area contributed by atoms with Crippen LogP contribution < -0.4 is 5.32 Å². The summed E-state index contributed by atoms with van der Waals surface area (Å²) < 4.78 is 5.42. The van der Waals surface area contributed by atoms with Gasteiger partial charge in [0.15, 0.2) is 5.82 Å². The summed E-state index contributed by atoms with van der Waals surface area (Å²) in [7, 11) is 0. The zero-order chi connectivity index (χ0) is 22.2. The van der Waals surface area contributed by atoms with E-state index < -0.39 is 5.97 Å². The summed E-state index contributed by atoms with van der Waals surface area (Å²) in [4.78, 5) is 21.7. The highest BCUT2D eigenvalue weighted by Crippen LogP contribution is 2.24. The molecule has 3 aromatic rings. The molecule has 0 radical (unpaired) electrons. The molecule has 1 atom stereocenters. The molecule has 0 aliphatic carbocycles. The molecule has 0 saturated carbocycles. The number of hydrogen-bond donors (Lipinski definition) is 2. The Morgan fingerprint density at radius 1 is 1.16 bits per heavy atom. The molecule has 0 spiro atoms. The minimum absolute atomic E-state index is 0.0711. The average molecular weight is 453 g/mol. The minimum atomic E-state index is -0.810. The first-order chi connectivity index (χ1) is 15.7. The van der Waals surface area contributed by atoms with Crippen LogP contribution in [0.2, 0.25) is 0 Å². The predicted molar refractivity (Wildman–Crippen MR) is 124 cm³/mol. The third-order valence-corrected chi connectivity index (χ3v) is 6.69. The Morgan fingerprint density at radius 3 is 2.88 bits per heavy atom. The van der Waals surface area contributed by atoms with Gasteiger partial charge in [-0.3, -0.25) is 4.79 Å². The Bertz CT molecular complexity index is 1030. The number of aliphatic carboxylic acids is 1. The van der Waals surface area contributed by atoms with Crippen molar-refractivity contribution < 1.29 is 14.4 Å². The summed E-state index contributed by atoms with van der Waals surface area (Å²) in [5.41, 5.74) is 2.37. The van der Waals surface area contributed by atoms with Crippen molar-refractivity contribution in [1.82, 2.24) is 15.1 Å². The number of carbonyl (C=O) groups is 1. The molecule has 4 rings (SSSR count). The lowest BCUT2D eigenvalue weighted by atomic mass is 10.0. The zero-order valence-electron chi connectivity index (χ0n) is 18.0. The Hall–Kier alpha value is -2.87. The lowest BCUT2D eigenvalue weighted by Gasteiger charge is -2.17. The van der Waals surface area contributed by atoms with Gasteiger partial charge in [-0.1, -0.05) is 29.4 Å². The van der Waals surface area contributed by atoms with Crippen molar-refractivity contribution in [2.24, 2.45) is 5.92 Å². The van der Waals surface area contributed by atoms with Gasteiger partial charge >= 0.3 is 5.97 Å². The lowest BCUT2D eigenvalue weighted by Crippen LogP contribution is -2.14. The fourth-order valence-corrected chi connectivity index (χ4v) is 4.84. The number of thioether (sulfide) groups is 1. The molecule has 0 saturated heterocycles. The number of carboxylic acids is 1. The van der Waals surface area contributed by atoms with Gasteiger partial charge in [-0.2, -0.15) is 4.98 Å². The van der Waals surface area contributed by atoms with E-state index in [1.807, 2.05) is 30.3 Å². The summed E-state index contributed by atoms with van der Waals surface area (Å²) >= 11 is 1.65. The smallest absolute Gasteiger partial charge is 0.303 e. The maximum atomic E-state index is 11.3. The van der Waals surface area contributed by atoms with E-state index >= 15 is 0 Å². The Balaban J connectivity index is 1.27. The number of aryl methyl sites for hydroxylation is 3. The van der Waals surface area contributed by atoms with Crippen LogP contribution in [0, 0.1) is 5.92 Å². The van der Waals surface area contributed by atoms with Crippen LogP contribution >= 0.6 is 11.8 Å².